The lowest BCUT2D eigenvalue weighted by Crippen LogP contribution is -2.36. The number of fused-ring (bicyclic) bond motifs is 1. The summed E-state index contributed by atoms with van der Waals surface area (Å²) in [6.45, 7) is 0. The van der Waals surface area contributed by atoms with Crippen LogP contribution in [0.4, 0.5) is 0 Å². The molecule has 2 rings (SSSR count). The number of carbonyl (C=O) groups is 1. The summed E-state index contributed by atoms with van der Waals surface area (Å²) in [7, 11) is 0. The third kappa shape index (κ3) is 2.89. The Morgan fingerprint density at radius 1 is 1.33 bits per heavy atom. The highest BCUT2D eigenvalue weighted by Gasteiger charge is 2.21. The maximum Gasteiger partial charge on any atom is 0.229 e. The van der Waals surface area contributed by atoms with Gasteiger partial charge in [0.2, 0.25) is 5.91 Å². The zero-order valence-corrected chi connectivity index (χ0v) is 9.98. The molecule has 0 unspecified atom stereocenters. The molecule has 0 aromatic heterocycles. The third-order valence-corrected chi connectivity index (χ3v) is 2.85. The maximum atomic E-state index is 11.1. The topological polar surface area (TPSA) is 29.1 Å². The Kier molecular flexibility index (Phi) is 4.48. The quantitative estimate of drug-likeness (QED) is 0.760. The number of carbonyl (C=O) groups excluding carboxylic acids is 1. The normalized spacial score (nSPS) is 14.2. The van der Waals surface area contributed by atoms with Crippen LogP contribution < -0.4 is 5.32 Å². The molecule has 0 saturated heterocycles. The number of hydrogen-bond acceptors (Lipinski definition) is 2. The van der Waals surface area contributed by atoms with E-state index in [4.69, 9.17) is 0 Å². The van der Waals surface area contributed by atoms with Gasteiger partial charge < -0.3 is 5.32 Å². The van der Waals surface area contributed by atoms with E-state index >= 15 is 0 Å². The molecule has 0 radical (unpaired) electrons. The fraction of sp³-hybridized carbons (Fsp3) is 0.364. The van der Waals surface area contributed by atoms with E-state index in [9.17, 15) is 4.79 Å². The standard InChI is InChI=1S/C11H13NOS.ClH/c13-11(7-14)12-10-5-8-3-1-2-4-9(8)6-10;/h1-4,10,14H,5-7H2,(H,12,13);1H. The molecule has 15 heavy (non-hydrogen) atoms. The minimum atomic E-state index is 0. The van der Waals surface area contributed by atoms with Crippen molar-refractivity contribution in [3.05, 3.63) is 35.4 Å². The van der Waals surface area contributed by atoms with Crippen molar-refractivity contribution in [2.24, 2.45) is 0 Å². The van der Waals surface area contributed by atoms with Crippen LogP contribution in [0.1, 0.15) is 11.1 Å². The Morgan fingerprint density at radius 2 is 1.87 bits per heavy atom. The maximum absolute atomic E-state index is 11.1. The molecule has 0 bridgehead atoms. The number of hydrogen-bond donors (Lipinski definition) is 2. The van der Waals surface area contributed by atoms with Gasteiger partial charge in [-0.3, -0.25) is 4.79 Å². The van der Waals surface area contributed by atoms with Crippen molar-refractivity contribution < 1.29 is 4.79 Å². The molecule has 1 aromatic rings. The first-order valence-corrected chi connectivity index (χ1v) is 5.40. The van der Waals surface area contributed by atoms with Crippen LogP contribution in [0.3, 0.4) is 0 Å². The van der Waals surface area contributed by atoms with Crippen molar-refractivity contribution in [2.45, 2.75) is 18.9 Å². The van der Waals surface area contributed by atoms with Gasteiger partial charge in [-0.25, -0.2) is 0 Å². The average Bonchev–Trinajstić information content (AvgIpc) is 2.59. The molecule has 2 nitrogen and oxygen atoms in total. The second-order valence-corrected chi connectivity index (χ2v) is 3.92. The number of benzene rings is 1. The van der Waals surface area contributed by atoms with Crippen molar-refractivity contribution in [2.75, 3.05) is 5.75 Å². The van der Waals surface area contributed by atoms with Gasteiger partial charge in [-0.15, -0.1) is 12.4 Å². The van der Waals surface area contributed by atoms with E-state index in [1.165, 1.54) is 11.1 Å². The molecular formula is C11H14ClNOS. The molecular weight excluding hydrogens is 230 g/mol. The van der Waals surface area contributed by atoms with Gasteiger partial charge in [-0.2, -0.15) is 12.6 Å². The Labute approximate surface area is 101 Å². The first-order chi connectivity index (χ1) is 6.79. The van der Waals surface area contributed by atoms with Crippen LogP contribution in [0.25, 0.3) is 0 Å². The van der Waals surface area contributed by atoms with Crippen molar-refractivity contribution in [1.29, 1.82) is 0 Å². The lowest BCUT2D eigenvalue weighted by molar-refractivity contribution is -0.119. The van der Waals surface area contributed by atoms with E-state index in [0.717, 1.165) is 12.8 Å². The van der Waals surface area contributed by atoms with Gasteiger partial charge in [0, 0.05) is 6.04 Å². The summed E-state index contributed by atoms with van der Waals surface area (Å²) in [5, 5.41) is 2.96. The lowest BCUT2D eigenvalue weighted by Gasteiger charge is -2.10. The van der Waals surface area contributed by atoms with Gasteiger partial charge in [-0.05, 0) is 24.0 Å². The van der Waals surface area contributed by atoms with Crippen LogP contribution in [-0.4, -0.2) is 17.7 Å². The smallest absolute Gasteiger partial charge is 0.229 e. The third-order valence-electron chi connectivity index (χ3n) is 2.56. The first-order valence-electron chi connectivity index (χ1n) is 4.76. The molecule has 0 fully saturated rings. The highest BCUT2D eigenvalue weighted by molar-refractivity contribution is 7.81. The van der Waals surface area contributed by atoms with E-state index in [1.807, 2.05) is 12.1 Å². The largest absolute Gasteiger partial charge is 0.352 e. The zero-order valence-electron chi connectivity index (χ0n) is 8.27. The Morgan fingerprint density at radius 3 is 2.33 bits per heavy atom. The van der Waals surface area contributed by atoms with E-state index < -0.39 is 0 Å². The Hall–Kier alpha value is -0.670. The molecule has 0 aliphatic heterocycles. The van der Waals surface area contributed by atoms with Crippen LogP contribution in [0.2, 0.25) is 0 Å². The van der Waals surface area contributed by atoms with Crippen molar-refractivity contribution in [3.8, 4) is 0 Å². The lowest BCUT2D eigenvalue weighted by atomic mass is 10.1. The monoisotopic (exact) mass is 243 g/mol. The van der Waals surface area contributed by atoms with E-state index in [0.29, 0.717) is 0 Å². The predicted octanol–water partition coefficient (Wildman–Crippen LogP) is 1.62. The molecule has 1 aliphatic rings. The van der Waals surface area contributed by atoms with Gasteiger partial charge in [0.1, 0.15) is 0 Å². The average molecular weight is 244 g/mol. The number of halogens is 1. The van der Waals surface area contributed by atoms with Crippen LogP contribution in [0.5, 0.6) is 0 Å². The minimum absolute atomic E-state index is 0. The summed E-state index contributed by atoms with van der Waals surface area (Å²) >= 11 is 3.94. The molecule has 1 aromatic carbocycles. The Bertz CT molecular complexity index is 331. The fourth-order valence-electron chi connectivity index (χ4n) is 1.93. The SMILES string of the molecule is Cl.O=C(CS)NC1Cc2ccccc2C1. The summed E-state index contributed by atoms with van der Waals surface area (Å²) in [5.41, 5.74) is 2.72. The van der Waals surface area contributed by atoms with Gasteiger partial charge in [0.05, 0.1) is 5.75 Å². The first kappa shape index (κ1) is 12.4. The second kappa shape index (κ2) is 5.42. The Balaban J connectivity index is 0.00000112. The summed E-state index contributed by atoms with van der Waals surface area (Å²) in [4.78, 5) is 11.1. The fourth-order valence-corrected chi connectivity index (χ4v) is 2.03. The highest BCUT2D eigenvalue weighted by Crippen LogP contribution is 2.21. The molecule has 1 aliphatic carbocycles. The summed E-state index contributed by atoms with van der Waals surface area (Å²) in [6, 6.07) is 8.61. The number of thiol groups is 1. The highest BCUT2D eigenvalue weighted by atomic mass is 35.5. The van der Waals surface area contributed by atoms with Gasteiger partial charge >= 0.3 is 0 Å². The predicted molar refractivity (Wildman–Crippen MR) is 66.9 cm³/mol. The second-order valence-electron chi connectivity index (χ2n) is 3.60. The van der Waals surface area contributed by atoms with Gasteiger partial charge in [-0.1, -0.05) is 24.3 Å². The van der Waals surface area contributed by atoms with E-state index in [-0.39, 0.29) is 30.1 Å². The van der Waals surface area contributed by atoms with Gasteiger partial charge in [0.15, 0.2) is 0 Å². The molecule has 4 heteroatoms. The zero-order chi connectivity index (χ0) is 9.97. The minimum Gasteiger partial charge on any atom is -0.352 e. The van der Waals surface area contributed by atoms with Gasteiger partial charge in [0.25, 0.3) is 0 Å². The summed E-state index contributed by atoms with van der Waals surface area (Å²) in [6.07, 6.45) is 1.91. The van der Waals surface area contributed by atoms with E-state index in [1.54, 1.807) is 0 Å². The molecule has 0 atom stereocenters. The molecule has 0 saturated carbocycles. The molecule has 1 amide bonds. The van der Waals surface area contributed by atoms with Crippen molar-refractivity contribution >= 4 is 30.9 Å². The van der Waals surface area contributed by atoms with Crippen molar-refractivity contribution in [1.82, 2.24) is 5.32 Å². The molecule has 0 spiro atoms. The molecule has 1 N–H and O–H groups in total. The van der Waals surface area contributed by atoms with Crippen molar-refractivity contribution in [3.63, 3.8) is 0 Å². The van der Waals surface area contributed by atoms with Crippen LogP contribution in [-0.2, 0) is 17.6 Å². The number of rotatable bonds is 2. The molecule has 82 valence electrons. The van der Waals surface area contributed by atoms with Crippen LogP contribution >= 0.6 is 25.0 Å². The van der Waals surface area contributed by atoms with Crippen LogP contribution in [0, 0.1) is 0 Å². The number of nitrogens with one attached hydrogen (secondary N) is 1. The van der Waals surface area contributed by atoms with Crippen LogP contribution in [0.15, 0.2) is 24.3 Å². The summed E-state index contributed by atoms with van der Waals surface area (Å²) < 4.78 is 0. The summed E-state index contributed by atoms with van der Waals surface area (Å²) in [5.74, 6) is 0.290. The molecule has 0 heterocycles. The number of amides is 1. The van der Waals surface area contributed by atoms with E-state index in [2.05, 4.69) is 30.1 Å².